The van der Waals surface area contributed by atoms with E-state index in [0.717, 1.165) is 22.4 Å². The van der Waals surface area contributed by atoms with Crippen molar-refractivity contribution in [1.82, 2.24) is 0 Å². The van der Waals surface area contributed by atoms with Crippen LogP contribution in [-0.4, -0.2) is 11.9 Å². The fourth-order valence-corrected chi connectivity index (χ4v) is 3.54. The minimum absolute atomic E-state index is 0.371. The van der Waals surface area contributed by atoms with Crippen LogP contribution in [0, 0.1) is 0 Å². The maximum absolute atomic E-state index is 12.4. The van der Waals surface area contributed by atoms with Crippen LogP contribution in [0.3, 0.4) is 0 Å². The molecule has 5 nitrogen and oxygen atoms in total. The van der Waals surface area contributed by atoms with Crippen molar-refractivity contribution in [2.45, 2.75) is 6.42 Å². The predicted molar refractivity (Wildman–Crippen MR) is 125 cm³/mol. The summed E-state index contributed by atoms with van der Waals surface area (Å²) in [6.45, 7) is 0. The van der Waals surface area contributed by atoms with Crippen LogP contribution < -0.4 is 16.4 Å². The first kappa shape index (κ1) is 20.0. The molecule has 0 aliphatic carbocycles. The van der Waals surface area contributed by atoms with Crippen molar-refractivity contribution in [3.8, 4) is 0 Å². The Morgan fingerprint density at radius 1 is 0.833 bits per heavy atom. The van der Waals surface area contributed by atoms with Crippen molar-refractivity contribution in [3.05, 3.63) is 94.0 Å². The van der Waals surface area contributed by atoms with Gasteiger partial charge >= 0.3 is 6.03 Å². The Balaban J connectivity index is 1.55. The Bertz CT molecular complexity index is 1170. The average Bonchev–Trinajstić information content (AvgIpc) is 3.13. The Kier molecular flexibility index (Phi) is 5.74. The van der Waals surface area contributed by atoms with Gasteiger partial charge in [-0.25, -0.2) is 9.79 Å². The van der Waals surface area contributed by atoms with Crippen LogP contribution in [0.15, 0.2) is 77.8 Å². The normalized spacial score (nSPS) is 13.2. The van der Waals surface area contributed by atoms with Crippen molar-refractivity contribution in [2.75, 3.05) is 10.6 Å². The Morgan fingerprint density at radius 3 is 2.27 bits per heavy atom. The minimum atomic E-state index is -0.384. The smallest absolute Gasteiger partial charge is 0.323 e. The van der Waals surface area contributed by atoms with Crippen molar-refractivity contribution < 1.29 is 4.79 Å². The fraction of sp³-hybridized carbons (Fsp3) is 0.0435. The third-order valence-corrected chi connectivity index (χ3v) is 5.33. The summed E-state index contributed by atoms with van der Waals surface area (Å²) in [7, 11) is 0. The summed E-state index contributed by atoms with van der Waals surface area (Å²) in [4.78, 5) is 16.9. The third-order valence-electron chi connectivity index (χ3n) is 4.59. The van der Waals surface area contributed by atoms with Crippen LogP contribution in [-0.2, 0) is 0 Å². The van der Waals surface area contributed by atoms with Crippen molar-refractivity contribution in [2.24, 2.45) is 10.7 Å². The van der Waals surface area contributed by atoms with Crippen LogP contribution in [0.5, 0.6) is 0 Å². The zero-order valence-electron chi connectivity index (χ0n) is 15.8. The van der Waals surface area contributed by atoms with Crippen LogP contribution >= 0.6 is 23.2 Å². The molecule has 0 saturated carbocycles. The molecule has 3 aromatic carbocycles. The lowest BCUT2D eigenvalue weighted by atomic mass is 9.98. The van der Waals surface area contributed by atoms with E-state index in [0.29, 0.717) is 33.7 Å². The van der Waals surface area contributed by atoms with E-state index in [1.54, 1.807) is 18.2 Å². The summed E-state index contributed by atoms with van der Waals surface area (Å²) in [5, 5.41) is 6.38. The van der Waals surface area contributed by atoms with Gasteiger partial charge in [0.25, 0.3) is 0 Å². The number of carbonyl (C=O) groups is 1. The van der Waals surface area contributed by atoms with Crippen molar-refractivity contribution in [3.63, 3.8) is 0 Å². The molecule has 0 spiro atoms. The molecule has 0 fully saturated rings. The molecule has 1 aliphatic rings. The van der Waals surface area contributed by atoms with E-state index in [9.17, 15) is 4.79 Å². The van der Waals surface area contributed by atoms with E-state index in [4.69, 9.17) is 28.9 Å². The van der Waals surface area contributed by atoms with Gasteiger partial charge in [-0.3, -0.25) is 0 Å². The number of aliphatic imine (C=N–C) groups is 1. The number of amidine groups is 1. The summed E-state index contributed by atoms with van der Waals surface area (Å²) < 4.78 is 0. The third kappa shape index (κ3) is 4.48. The minimum Gasteiger partial charge on any atom is -0.387 e. The lowest BCUT2D eigenvalue weighted by Crippen LogP contribution is -2.19. The average molecular weight is 437 g/mol. The number of nitrogens with zero attached hydrogens (tertiary/aromatic N) is 1. The number of amides is 2. The maximum atomic E-state index is 12.4. The topological polar surface area (TPSA) is 79.5 Å². The van der Waals surface area contributed by atoms with E-state index in [-0.39, 0.29) is 6.03 Å². The van der Waals surface area contributed by atoms with E-state index >= 15 is 0 Å². The molecule has 0 radical (unpaired) electrons. The fourth-order valence-electron chi connectivity index (χ4n) is 3.24. The molecule has 0 aromatic heterocycles. The number of halogens is 2. The molecule has 1 heterocycles. The Labute approximate surface area is 184 Å². The number of carbonyl (C=O) groups excluding carboxylic acids is 1. The van der Waals surface area contributed by atoms with Gasteiger partial charge in [0, 0.05) is 23.4 Å². The number of nitrogens with one attached hydrogen (secondary N) is 2. The van der Waals surface area contributed by atoms with Gasteiger partial charge in [-0.05, 0) is 41.5 Å². The summed E-state index contributed by atoms with van der Waals surface area (Å²) in [5.41, 5.74) is 11.0. The molecule has 30 heavy (non-hydrogen) atoms. The molecule has 4 rings (SSSR count). The number of nitrogens with two attached hydrogens (primary N) is 1. The number of anilines is 2. The first-order valence-corrected chi connectivity index (χ1v) is 10.0. The molecule has 1 aliphatic heterocycles. The van der Waals surface area contributed by atoms with E-state index in [1.807, 2.05) is 54.6 Å². The first-order valence-electron chi connectivity index (χ1n) is 9.25. The molecule has 2 amide bonds. The molecule has 0 bridgehead atoms. The lowest BCUT2D eigenvalue weighted by Gasteiger charge is -2.11. The second-order valence-electron chi connectivity index (χ2n) is 6.76. The first-order chi connectivity index (χ1) is 14.5. The summed E-state index contributed by atoms with van der Waals surface area (Å²) in [6, 6.07) is 22.0. The van der Waals surface area contributed by atoms with Gasteiger partial charge in [-0.15, -0.1) is 0 Å². The molecule has 7 heteroatoms. The van der Waals surface area contributed by atoms with E-state index < -0.39 is 0 Å². The molecule has 0 unspecified atom stereocenters. The SMILES string of the molecule is NC1=NC(c2ccccc2)=C(c2cccc(NC(=O)Nc3ccc(Cl)c(Cl)c3)c2)C1. The van der Waals surface area contributed by atoms with E-state index in [1.165, 1.54) is 0 Å². The molecular formula is C23H18Cl2N4O. The van der Waals surface area contributed by atoms with Gasteiger partial charge in [0.1, 0.15) is 5.84 Å². The number of rotatable bonds is 4. The summed E-state index contributed by atoms with van der Waals surface area (Å²) in [5.74, 6) is 0.569. The zero-order valence-corrected chi connectivity index (χ0v) is 17.3. The van der Waals surface area contributed by atoms with Crippen LogP contribution in [0.25, 0.3) is 11.3 Å². The Morgan fingerprint density at radius 2 is 1.53 bits per heavy atom. The van der Waals surface area contributed by atoms with Gasteiger partial charge in [-0.1, -0.05) is 65.7 Å². The van der Waals surface area contributed by atoms with Crippen LogP contribution in [0.1, 0.15) is 17.5 Å². The van der Waals surface area contributed by atoms with Crippen molar-refractivity contribution in [1.29, 1.82) is 0 Å². The van der Waals surface area contributed by atoms with Crippen molar-refractivity contribution >= 4 is 57.7 Å². The molecule has 3 aromatic rings. The number of urea groups is 1. The quantitative estimate of drug-likeness (QED) is 0.450. The summed E-state index contributed by atoms with van der Waals surface area (Å²) in [6.07, 6.45) is 0.559. The predicted octanol–water partition coefficient (Wildman–Crippen LogP) is 6.27. The molecule has 150 valence electrons. The van der Waals surface area contributed by atoms with Gasteiger partial charge < -0.3 is 16.4 Å². The van der Waals surface area contributed by atoms with E-state index in [2.05, 4.69) is 15.6 Å². The second-order valence-corrected chi connectivity index (χ2v) is 7.58. The lowest BCUT2D eigenvalue weighted by molar-refractivity contribution is 0.262. The second kappa shape index (κ2) is 8.61. The highest BCUT2D eigenvalue weighted by atomic mass is 35.5. The highest BCUT2D eigenvalue weighted by molar-refractivity contribution is 6.42. The van der Waals surface area contributed by atoms with Crippen LogP contribution in [0.2, 0.25) is 10.0 Å². The summed E-state index contributed by atoms with van der Waals surface area (Å²) >= 11 is 11.9. The van der Waals surface area contributed by atoms with Gasteiger partial charge in [0.15, 0.2) is 0 Å². The van der Waals surface area contributed by atoms with Gasteiger partial charge in [0.2, 0.25) is 0 Å². The standard InChI is InChI=1S/C23H18Cl2N4O/c24-19-10-9-17(12-20(19)25)28-23(30)27-16-8-4-7-15(11-16)18-13-21(26)29-22(18)14-5-2-1-3-6-14/h1-12H,13H2,(H2,26,29)(H2,27,28,30). The largest absolute Gasteiger partial charge is 0.387 e. The highest BCUT2D eigenvalue weighted by Crippen LogP contribution is 2.35. The van der Waals surface area contributed by atoms with Gasteiger partial charge in [0.05, 0.1) is 15.7 Å². The highest BCUT2D eigenvalue weighted by Gasteiger charge is 2.19. The number of hydrogen-bond donors (Lipinski definition) is 3. The monoisotopic (exact) mass is 436 g/mol. The molecular weight excluding hydrogens is 419 g/mol. The number of benzene rings is 3. The van der Waals surface area contributed by atoms with Crippen LogP contribution in [0.4, 0.5) is 16.2 Å². The maximum Gasteiger partial charge on any atom is 0.323 e. The molecule has 4 N–H and O–H groups in total. The zero-order chi connectivity index (χ0) is 21.1. The molecule has 0 saturated heterocycles. The number of hydrogen-bond acceptors (Lipinski definition) is 3. The Hall–Kier alpha value is -3.28. The van der Waals surface area contributed by atoms with Gasteiger partial charge in [-0.2, -0.15) is 0 Å². The molecule has 0 atom stereocenters.